The molecule has 0 aliphatic carbocycles. The van der Waals surface area contributed by atoms with Crippen molar-refractivity contribution in [3.8, 4) is 6.07 Å². The zero-order chi connectivity index (χ0) is 7.21. The van der Waals surface area contributed by atoms with Crippen molar-refractivity contribution in [1.29, 1.82) is 5.26 Å². The van der Waals surface area contributed by atoms with Gasteiger partial charge in [0.15, 0.2) is 0 Å². The summed E-state index contributed by atoms with van der Waals surface area (Å²) in [6.07, 6.45) is 0. The molecule has 1 nitrogen and oxygen atoms in total. The molecule has 0 atom stereocenters. The fourth-order valence-electron chi connectivity index (χ4n) is 0. The average molecular weight is 191 g/mol. The summed E-state index contributed by atoms with van der Waals surface area (Å²) >= 11 is 0. The largest absolute Gasteiger partial charge is 1.00 e. The van der Waals surface area contributed by atoms with Crippen molar-refractivity contribution in [2.24, 2.45) is 0 Å². The van der Waals surface area contributed by atoms with E-state index in [0.717, 1.165) is 0 Å². The first kappa shape index (κ1) is 15.9. The van der Waals surface area contributed by atoms with Gasteiger partial charge in [-0.15, -0.1) is 0 Å². The number of nitriles is 1. The minimum absolute atomic E-state index is 0. The molecule has 0 bridgehead atoms. The van der Waals surface area contributed by atoms with Crippen molar-refractivity contribution < 1.29 is 34.3 Å². The standard InChI is InChI=1S/C2H3N.BF4.Cu/c1-2-3;2-1(3,4)5;/h1H3;;/q;-1;+1. The first-order valence-electron chi connectivity index (χ1n) is 1.60. The Morgan fingerprint density at radius 2 is 1.22 bits per heavy atom. The molecule has 0 saturated carbocycles. The van der Waals surface area contributed by atoms with Gasteiger partial charge in [0.25, 0.3) is 0 Å². The third-order valence-electron chi connectivity index (χ3n) is 0. The molecule has 0 aromatic carbocycles. The van der Waals surface area contributed by atoms with Gasteiger partial charge in [0.2, 0.25) is 0 Å². The van der Waals surface area contributed by atoms with Crippen molar-refractivity contribution in [2.45, 2.75) is 6.92 Å². The van der Waals surface area contributed by atoms with Crippen LogP contribution in [0, 0.1) is 11.3 Å². The van der Waals surface area contributed by atoms with Gasteiger partial charge in [-0.3, -0.25) is 0 Å². The van der Waals surface area contributed by atoms with E-state index in [1.807, 2.05) is 0 Å². The number of hydrogen-bond donors (Lipinski definition) is 0. The molecule has 0 aliphatic rings. The molecule has 0 aromatic heterocycles. The smallest absolute Gasteiger partial charge is 0.418 e. The Balaban J connectivity index is -0.0000000800. The monoisotopic (exact) mass is 191 g/mol. The second-order valence-corrected chi connectivity index (χ2v) is 0.718. The van der Waals surface area contributed by atoms with Gasteiger partial charge >= 0.3 is 24.3 Å². The topological polar surface area (TPSA) is 23.8 Å². The van der Waals surface area contributed by atoms with Gasteiger partial charge in [0, 0.05) is 6.92 Å². The Morgan fingerprint density at radius 1 is 1.22 bits per heavy atom. The molecule has 0 aliphatic heterocycles. The van der Waals surface area contributed by atoms with E-state index in [9.17, 15) is 17.3 Å². The first-order chi connectivity index (χ1) is 3.41. The molecule has 0 saturated heterocycles. The van der Waals surface area contributed by atoms with E-state index < -0.39 is 7.25 Å². The zero-order valence-electron chi connectivity index (χ0n) is 4.34. The van der Waals surface area contributed by atoms with E-state index in [-0.39, 0.29) is 17.1 Å². The first-order valence-corrected chi connectivity index (χ1v) is 1.60. The molecule has 0 amide bonds. The van der Waals surface area contributed by atoms with Crippen LogP contribution >= 0.6 is 0 Å². The summed E-state index contributed by atoms with van der Waals surface area (Å²) in [6, 6.07) is 1.75. The Labute approximate surface area is 60.6 Å². The third kappa shape index (κ3) is 6190. The molecule has 0 radical (unpaired) electrons. The number of nitrogens with zero attached hydrogens (tertiary/aromatic N) is 1. The van der Waals surface area contributed by atoms with Gasteiger partial charge in [-0.25, -0.2) is 0 Å². The van der Waals surface area contributed by atoms with Gasteiger partial charge in [0.05, 0.1) is 6.07 Å². The van der Waals surface area contributed by atoms with Gasteiger partial charge in [-0.2, -0.15) is 5.26 Å². The van der Waals surface area contributed by atoms with Crippen LogP contribution in [0.25, 0.3) is 0 Å². The minimum Gasteiger partial charge on any atom is -0.418 e. The Kier molecular flexibility index (Phi) is 13.8. The minimum atomic E-state index is -6.00. The summed E-state index contributed by atoms with van der Waals surface area (Å²) in [5, 5.41) is 7.32. The van der Waals surface area contributed by atoms with E-state index >= 15 is 0 Å². The average Bonchev–Trinajstić information content (AvgIpc) is 1.27. The van der Waals surface area contributed by atoms with Crippen LogP contribution in [-0.4, -0.2) is 7.25 Å². The fourth-order valence-corrected chi connectivity index (χ4v) is 0. The van der Waals surface area contributed by atoms with Crippen LogP contribution in [0.3, 0.4) is 0 Å². The van der Waals surface area contributed by atoms with Crippen molar-refractivity contribution in [1.82, 2.24) is 0 Å². The molecule has 0 spiro atoms. The number of rotatable bonds is 0. The predicted octanol–water partition coefficient (Wildman–Crippen LogP) is 1.83. The number of hydrogen-bond acceptors (Lipinski definition) is 1. The maximum absolute atomic E-state index is 9.75. The van der Waals surface area contributed by atoms with Crippen LogP contribution in [0.4, 0.5) is 17.3 Å². The Hall–Kier alpha value is -0.206. The quantitative estimate of drug-likeness (QED) is 0.423. The second-order valence-electron chi connectivity index (χ2n) is 0.718. The fraction of sp³-hybridized carbons (Fsp3) is 0.500. The van der Waals surface area contributed by atoms with E-state index in [4.69, 9.17) is 5.26 Å². The summed E-state index contributed by atoms with van der Waals surface area (Å²) in [4.78, 5) is 0. The van der Waals surface area contributed by atoms with E-state index in [1.54, 1.807) is 6.07 Å². The molecule has 9 heavy (non-hydrogen) atoms. The molecular weight excluding hydrogens is 188 g/mol. The SMILES string of the molecule is CC#N.F[B-](F)(F)F.[Cu+]. The van der Waals surface area contributed by atoms with Gasteiger partial charge in [0.1, 0.15) is 0 Å². The predicted molar refractivity (Wildman–Crippen MR) is 21.5 cm³/mol. The Morgan fingerprint density at radius 3 is 1.22 bits per heavy atom. The van der Waals surface area contributed by atoms with Crippen molar-refractivity contribution in [3.05, 3.63) is 0 Å². The molecule has 0 fully saturated rings. The molecule has 7 heteroatoms. The molecule has 0 unspecified atom stereocenters. The normalized spacial score (nSPS) is 7.56. The van der Waals surface area contributed by atoms with Crippen LogP contribution < -0.4 is 0 Å². The maximum Gasteiger partial charge on any atom is 1.00 e. The maximum atomic E-state index is 9.75. The molecule has 0 heterocycles. The molecule has 58 valence electrons. The van der Waals surface area contributed by atoms with Gasteiger partial charge in [-0.05, 0) is 0 Å². The van der Waals surface area contributed by atoms with Crippen LogP contribution in [0.1, 0.15) is 6.92 Å². The summed E-state index contributed by atoms with van der Waals surface area (Å²) < 4.78 is 39.0. The van der Waals surface area contributed by atoms with Gasteiger partial charge < -0.3 is 17.3 Å². The molecule has 0 aromatic rings. The van der Waals surface area contributed by atoms with E-state index in [2.05, 4.69) is 0 Å². The van der Waals surface area contributed by atoms with Gasteiger partial charge in [-0.1, -0.05) is 0 Å². The van der Waals surface area contributed by atoms with E-state index in [1.165, 1.54) is 6.92 Å². The van der Waals surface area contributed by atoms with Crippen LogP contribution in [0.2, 0.25) is 0 Å². The van der Waals surface area contributed by atoms with E-state index in [0.29, 0.717) is 0 Å². The Bertz CT molecular complexity index is 79.5. The molecule has 0 rings (SSSR count). The second kappa shape index (κ2) is 7.79. The summed E-state index contributed by atoms with van der Waals surface area (Å²) in [7, 11) is -6.00. The summed E-state index contributed by atoms with van der Waals surface area (Å²) in [5.74, 6) is 0. The van der Waals surface area contributed by atoms with Crippen molar-refractivity contribution in [3.63, 3.8) is 0 Å². The van der Waals surface area contributed by atoms with Crippen molar-refractivity contribution in [2.75, 3.05) is 0 Å². The molecular formula is C2H3BCuF4N. The molecule has 0 N–H and O–H groups in total. The third-order valence-corrected chi connectivity index (χ3v) is 0. The van der Waals surface area contributed by atoms with Crippen LogP contribution in [0.15, 0.2) is 0 Å². The zero-order valence-corrected chi connectivity index (χ0v) is 5.28. The number of halogens is 4. The van der Waals surface area contributed by atoms with Crippen LogP contribution in [-0.2, 0) is 17.1 Å². The van der Waals surface area contributed by atoms with Crippen LogP contribution in [0.5, 0.6) is 0 Å². The van der Waals surface area contributed by atoms with Crippen molar-refractivity contribution >= 4 is 7.25 Å². The summed E-state index contributed by atoms with van der Waals surface area (Å²) in [6.45, 7) is 1.43. The summed E-state index contributed by atoms with van der Waals surface area (Å²) in [5.41, 5.74) is 0.